The number of carbonyl (C=O) groups is 1. The van der Waals surface area contributed by atoms with E-state index >= 15 is 0 Å². The Morgan fingerprint density at radius 1 is 0.969 bits per heavy atom. The standard InChI is InChI=1S/C22H28N2O7S/c1-28-18-4-6-19(7-5-18)31-15-22(25)23-9-11-32(26,27)24-10-8-16-12-20(29-2)21(30-3)13-17(16)14-24/h4-7,12-13H,8-11,14-15H2,1-3H3,(H,23,25). The van der Waals surface area contributed by atoms with Crippen LogP contribution in [-0.2, 0) is 27.8 Å². The minimum Gasteiger partial charge on any atom is -0.497 e. The monoisotopic (exact) mass is 464 g/mol. The van der Waals surface area contributed by atoms with Gasteiger partial charge in [-0.2, -0.15) is 4.31 Å². The van der Waals surface area contributed by atoms with Gasteiger partial charge in [0.25, 0.3) is 5.91 Å². The van der Waals surface area contributed by atoms with E-state index in [-0.39, 0.29) is 25.4 Å². The average Bonchev–Trinajstić information content (AvgIpc) is 2.81. The van der Waals surface area contributed by atoms with E-state index in [1.165, 1.54) is 4.31 Å². The quantitative estimate of drug-likeness (QED) is 0.570. The molecule has 0 radical (unpaired) electrons. The summed E-state index contributed by atoms with van der Waals surface area (Å²) in [5.74, 6) is 1.82. The minimum atomic E-state index is -3.54. The SMILES string of the molecule is COc1ccc(OCC(=O)NCCS(=O)(=O)N2CCc3cc(OC)c(OC)cc3C2)cc1. The summed E-state index contributed by atoms with van der Waals surface area (Å²) >= 11 is 0. The number of hydrogen-bond donors (Lipinski definition) is 1. The number of benzene rings is 2. The zero-order valence-electron chi connectivity index (χ0n) is 18.4. The maximum absolute atomic E-state index is 12.8. The zero-order chi connectivity index (χ0) is 23.1. The van der Waals surface area contributed by atoms with Gasteiger partial charge in [-0.05, 0) is 53.9 Å². The van der Waals surface area contributed by atoms with Crippen molar-refractivity contribution in [3.8, 4) is 23.0 Å². The Hall–Kier alpha value is -2.98. The van der Waals surface area contributed by atoms with E-state index in [1.807, 2.05) is 12.1 Å². The summed E-state index contributed by atoms with van der Waals surface area (Å²) in [5, 5.41) is 2.59. The highest BCUT2D eigenvalue weighted by atomic mass is 32.2. The zero-order valence-corrected chi connectivity index (χ0v) is 19.2. The fraction of sp³-hybridized carbons (Fsp3) is 0.409. The third-order valence-corrected chi connectivity index (χ3v) is 7.01. The number of amides is 1. The number of hydrogen-bond acceptors (Lipinski definition) is 7. The van der Waals surface area contributed by atoms with E-state index in [1.54, 1.807) is 45.6 Å². The lowest BCUT2D eigenvalue weighted by molar-refractivity contribution is -0.122. The highest BCUT2D eigenvalue weighted by Gasteiger charge is 2.27. The van der Waals surface area contributed by atoms with Gasteiger partial charge in [-0.1, -0.05) is 0 Å². The highest BCUT2D eigenvalue weighted by Crippen LogP contribution is 2.33. The van der Waals surface area contributed by atoms with Crippen molar-refractivity contribution in [2.45, 2.75) is 13.0 Å². The molecule has 3 rings (SSSR count). The molecule has 0 unspecified atom stereocenters. The molecule has 0 atom stereocenters. The molecule has 0 saturated carbocycles. The molecule has 0 bridgehead atoms. The lowest BCUT2D eigenvalue weighted by atomic mass is 10.0. The number of rotatable bonds is 10. The molecule has 2 aromatic carbocycles. The second kappa shape index (κ2) is 10.6. The van der Waals surface area contributed by atoms with Crippen molar-refractivity contribution in [3.63, 3.8) is 0 Å². The van der Waals surface area contributed by atoms with Crippen LogP contribution in [0.1, 0.15) is 11.1 Å². The fourth-order valence-electron chi connectivity index (χ4n) is 3.42. The number of fused-ring (bicyclic) bond motifs is 1. The number of ether oxygens (including phenoxy) is 4. The summed E-state index contributed by atoms with van der Waals surface area (Å²) in [5.41, 5.74) is 1.92. The fourth-order valence-corrected chi connectivity index (χ4v) is 4.74. The first kappa shape index (κ1) is 23.7. The predicted octanol–water partition coefficient (Wildman–Crippen LogP) is 1.60. The van der Waals surface area contributed by atoms with E-state index < -0.39 is 15.9 Å². The summed E-state index contributed by atoms with van der Waals surface area (Å²) in [6.07, 6.45) is 0.580. The van der Waals surface area contributed by atoms with Gasteiger partial charge in [0.2, 0.25) is 10.0 Å². The second-order valence-corrected chi connectivity index (χ2v) is 9.28. The number of carbonyl (C=O) groups excluding carboxylic acids is 1. The lowest BCUT2D eigenvalue weighted by Gasteiger charge is -2.29. The third kappa shape index (κ3) is 5.83. The van der Waals surface area contributed by atoms with Crippen molar-refractivity contribution < 1.29 is 32.2 Å². The van der Waals surface area contributed by atoms with Crippen LogP contribution in [0.3, 0.4) is 0 Å². The normalized spacial score (nSPS) is 13.7. The van der Waals surface area contributed by atoms with E-state index in [2.05, 4.69) is 5.32 Å². The van der Waals surface area contributed by atoms with Gasteiger partial charge in [0.15, 0.2) is 18.1 Å². The first-order chi connectivity index (χ1) is 15.4. The molecule has 1 aliphatic heterocycles. The lowest BCUT2D eigenvalue weighted by Crippen LogP contribution is -2.41. The second-order valence-electron chi connectivity index (χ2n) is 7.19. The Balaban J connectivity index is 1.49. The molecular formula is C22H28N2O7S. The van der Waals surface area contributed by atoms with E-state index in [0.717, 1.165) is 11.1 Å². The molecule has 0 aliphatic carbocycles. The van der Waals surface area contributed by atoms with Gasteiger partial charge in [0, 0.05) is 19.6 Å². The maximum atomic E-state index is 12.8. The average molecular weight is 465 g/mol. The van der Waals surface area contributed by atoms with E-state index in [9.17, 15) is 13.2 Å². The van der Waals surface area contributed by atoms with Crippen molar-refractivity contribution in [3.05, 3.63) is 47.5 Å². The molecule has 1 heterocycles. The van der Waals surface area contributed by atoms with E-state index in [4.69, 9.17) is 18.9 Å². The molecular weight excluding hydrogens is 436 g/mol. The van der Waals surface area contributed by atoms with Gasteiger partial charge in [-0.15, -0.1) is 0 Å². The topological polar surface area (TPSA) is 103 Å². The van der Waals surface area contributed by atoms with Crippen LogP contribution in [0.15, 0.2) is 36.4 Å². The van der Waals surface area contributed by atoms with Gasteiger partial charge < -0.3 is 24.3 Å². The maximum Gasteiger partial charge on any atom is 0.257 e. The minimum absolute atomic E-state index is 0.00241. The van der Waals surface area contributed by atoms with Gasteiger partial charge in [-0.3, -0.25) is 4.79 Å². The molecule has 9 nitrogen and oxygen atoms in total. The number of nitrogens with zero attached hydrogens (tertiary/aromatic N) is 1. The van der Waals surface area contributed by atoms with Crippen LogP contribution >= 0.6 is 0 Å². The van der Waals surface area contributed by atoms with Crippen LogP contribution in [0.5, 0.6) is 23.0 Å². The molecule has 0 fully saturated rings. The Morgan fingerprint density at radius 2 is 1.59 bits per heavy atom. The Labute approximate surface area is 188 Å². The van der Waals surface area contributed by atoms with Crippen molar-refractivity contribution >= 4 is 15.9 Å². The van der Waals surface area contributed by atoms with E-state index in [0.29, 0.717) is 36.0 Å². The Kier molecular flexibility index (Phi) is 7.81. The Bertz CT molecular complexity index is 1040. The van der Waals surface area contributed by atoms with Gasteiger partial charge >= 0.3 is 0 Å². The molecule has 0 saturated heterocycles. The molecule has 1 N–H and O–H groups in total. The van der Waals surface area contributed by atoms with Crippen molar-refractivity contribution in [1.29, 1.82) is 0 Å². The van der Waals surface area contributed by atoms with Crippen molar-refractivity contribution in [2.24, 2.45) is 0 Å². The summed E-state index contributed by atoms with van der Waals surface area (Å²) in [7, 11) is 1.14. The van der Waals surface area contributed by atoms with Crippen molar-refractivity contribution in [1.82, 2.24) is 9.62 Å². The van der Waals surface area contributed by atoms with Crippen molar-refractivity contribution in [2.75, 3.05) is 46.8 Å². The molecule has 1 aliphatic rings. The summed E-state index contributed by atoms with van der Waals surface area (Å²) in [6, 6.07) is 10.5. The molecule has 0 spiro atoms. The van der Waals surface area contributed by atoms with Crippen LogP contribution in [0.4, 0.5) is 0 Å². The molecule has 174 valence electrons. The summed E-state index contributed by atoms with van der Waals surface area (Å²) in [4.78, 5) is 12.0. The molecule has 2 aromatic rings. The molecule has 1 amide bonds. The van der Waals surface area contributed by atoms with Crippen LogP contribution in [-0.4, -0.2) is 65.4 Å². The Morgan fingerprint density at radius 3 is 2.22 bits per heavy atom. The highest BCUT2D eigenvalue weighted by molar-refractivity contribution is 7.89. The summed E-state index contributed by atoms with van der Waals surface area (Å²) < 4.78 is 48.1. The molecule has 10 heteroatoms. The first-order valence-electron chi connectivity index (χ1n) is 10.1. The first-order valence-corrected chi connectivity index (χ1v) is 11.7. The van der Waals surface area contributed by atoms with Gasteiger partial charge in [0.1, 0.15) is 11.5 Å². The summed E-state index contributed by atoms with van der Waals surface area (Å²) in [6.45, 7) is 0.430. The largest absolute Gasteiger partial charge is 0.497 e. The van der Waals surface area contributed by atoms with Gasteiger partial charge in [0.05, 0.1) is 27.1 Å². The van der Waals surface area contributed by atoms with Crippen LogP contribution in [0.25, 0.3) is 0 Å². The number of methoxy groups -OCH3 is 3. The predicted molar refractivity (Wildman–Crippen MR) is 119 cm³/mol. The number of nitrogens with one attached hydrogen (secondary N) is 1. The molecule has 32 heavy (non-hydrogen) atoms. The smallest absolute Gasteiger partial charge is 0.257 e. The molecule has 0 aromatic heterocycles. The van der Waals surface area contributed by atoms with Crippen LogP contribution in [0, 0.1) is 0 Å². The van der Waals surface area contributed by atoms with Gasteiger partial charge in [-0.25, -0.2) is 8.42 Å². The number of sulfonamides is 1. The van der Waals surface area contributed by atoms with Crippen LogP contribution < -0.4 is 24.3 Å². The van der Waals surface area contributed by atoms with Crippen LogP contribution in [0.2, 0.25) is 0 Å². The third-order valence-electron chi connectivity index (χ3n) is 5.19.